The first-order valence-electron chi connectivity index (χ1n) is 3.76. The van der Waals surface area contributed by atoms with Crippen molar-refractivity contribution in [1.82, 2.24) is 9.78 Å². The van der Waals surface area contributed by atoms with Gasteiger partial charge in [0.05, 0.1) is 0 Å². The smallest absolute Gasteiger partial charge is 0.392 e. The minimum absolute atomic E-state index is 0.0817. The van der Waals surface area contributed by atoms with Gasteiger partial charge in [0, 0.05) is 13.0 Å². The van der Waals surface area contributed by atoms with Crippen molar-refractivity contribution in [2.45, 2.75) is 19.1 Å². The van der Waals surface area contributed by atoms with E-state index in [1.165, 1.54) is 0 Å². The molecule has 0 aliphatic rings. The molecule has 0 spiro atoms. The van der Waals surface area contributed by atoms with Crippen LogP contribution in [0.25, 0.3) is 0 Å². The van der Waals surface area contributed by atoms with Gasteiger partial charge in [0.1, 0.15) is 6.54 Å². The molecule has 0 aromatic carbocycles. The summed E-state index contributed by atoms with van der Waals surface area (Å²) in [6, 6.07) is 0. The van der Waals surface area contributed by atoms with Gasteiger partial charge in [-0.15, -0.1) is 5.10 Å². The second-order valence-electron chi connectivity index (χ2n) is 2.57. The van der Waals surface area contributed by atoms with Gasteiger partial charge in [0.25, 0.3) is 0 Å². The maximum Gasteiger partial charge on any atom is 0.437 e. The molecule has 2 N–H and O–H groups in total. The molecule has 0 saturated carbocycles. The predicted molar refractivity (Wildman–Crippen MR) is 39.6 cm³/mol. The highest BCUT2D eigenvalue weighted by Crippen LogP contribution is 2.15. The number of aromatic nitrogens is 2. The van der Waals surface area contributed by atoms with Crippen molar-refractivity contribution in [3.8, 4) is 0 Å². The standard InChI is InChI=1S/C6H8F3N3O2/c7-6(8,9)3-12-5(13)14-4(11-12)1-2-10/h1-3,10H2. The van der Waals surface area contributed by atoms with Crippen LogP contribution in [0.5, 0.6) is 0 Å². The Balaban J connectivity index is 2.83. The largest absolute Gasteiger partial charge is 0.437 e. The lowest BCUT2D eigenvalue weighted by Gasteiger charge is -2.02. The number of nitrogens with two attached hydrogens (primary N) is 1. The molecule has 0 unspecified atom stereocenters. The summed E-state index contributed by atoms with van der Waals surface area (Å²) < 4.78 is 40.2. The van der Waals surface area contributed by atoms with Crippen LogP contribution >= 0.6 is 0 Å². The Labute approximate surface area is 76.3 Å². The number of halogens is 3. The Morgan fingerprint density at radius 1 is 1.50 bits per heavy atom. The Hall–Kier alpha value is -1.31. The lowest BCUT2D eigenvalue weighted by atomic mass is 10.4. The van der Waals surface area contributed by atoms with E-state index in [4.69, 9.17) is 5.73 Å². The van der Waals surface area contributed by atoms with E-state index in [-0.39, 0.29) is 23.5 Å². The molecular formula is C6H8F3N3O2. The Kier molecular flexibility index (Phi) is 2.94. The van der Waals surface area contributed by atoms with E-state index < -0.39 is 18.5 Å². The van der Waals surface area contributed by atoms with Crippen LogP contribution in [0, 0.1) is 0 Å². The van der Waals surface area contributed by atoms with E-state index in [1.807, 2.05) is 0 Å². The first-order chi connectivity index (χ1) is 6.42. The number of hydrogen-bond acceptors (Lipinski definition) is 4. The van der Waals surface area contributed by atoms with Gasteiger partial charge in [-0.2, -0.15) is 17.9 Å². The third-order valence-corrected chi connectivity index (χ3v) is 1.34. The lowest BCUT2D eigenvalue weighted by Crippen LogP contribution is -2.26. The quantitative estimate of drug-likeness (QED) is 0.757. The third kappa shape index (κ3) is 2.87. The zero-order chi connectivity index (χ0) is 10.8. The van der Waals surface area contributed by atoms with Gasteiger partial charge in [-0.3, -0.25) is 0 Å². The molecule has 1 heterocycles. The summed E-state index contributed by atoms with van der Waals surface area (Å²) in [6.07, 6.45) is -4.35. The molecular weight excluding hydrogens is 203 g/mol. The van der Waals surface area contributed by atoms with Crippen molar-refractivity contribution in [1.29, 1.82) is 0 Å². The number of hydrogen-bond donors (Lipinski definition) is 1. The number of rotatable bonds is 3. The molecule has 0 bridgehead atoms. The van der Waals surface area contributed by atoms with Crippen LogP contribution in [0.1, 0.15) is 5.89 Å². The molecule has 1 rings (SSSR count). The lowest BCUT2D eigenvalue weighted by molar-refractivity contribution is -0.143. The molecule has 0 fully saturated rings. The molecule has 0 aliphatic heterocycles. The van der Waals surface area contributed by atoms with Gasteiger partial charge >= 0.3 is 11.9 Å². The number of alkyl halides is 3. The minimum Gasteiger partial charge on any atom is -0.392 e. The second-order valence-corrected chi connectivity index (χ2v) is 2.57. The van der Waals surface area contributed by atoms with E-state index in [0.717, 1.165) is 0 Å². The third-order valence-electron chi connectivity index (χ3n) is 1.34. The Morgan fingerprint density at radius 3 is 2.64 bits per heavy atom. The van der Waals surface area contributed by atoms with Crippen molar-refractivity contribution >= 4 is 0 Å². The van der Waals surface area contributed by atoms with Gasteiger partial charge in [-0.1, -0.05) is 0 Å². The van der Waals surface area contributed by atoms with Gasteiger partial charge < -0.3 is 10.2 Å². The fourth-order valence-corrected chi connectivity index (χ4v) is 0.844. The van der Waals surface area contributed by atoms with Crippen LogP contribution in [0.3, 0.4) is 0 Å². The fourth-order valence-electron chi connectivity index (χ4n) is 0.844. The van der Waals surface area contributed by atoms with Crippen molar-refractivity contribution in [3.63, 3.8) is 0 Å². The van der Waals surface area contributed by atoms with E-state index in [2.05, 4.69) is 9.52 Å². The van der Waals surface area contributed by atoms with Crippen molar-refractivity contribution in [2.24, 2.45) is 5.73 Å². The predicted octanol–water partition coefficient (Wildman–Crippen LogP) is -0.100. The zero-order valence-corrected chi connectivity index (χ0v) is 7.04. The highest BCUT2D eigenvalue weighted by molar-refractivity contribution is 4.76. The van der Waals surface area contributed by atoms with Crippen molar-refractivity contribution < 1.29 is 17.6 Å². The van der Waals surface area contributed by atoms with E-state index >= 15 is 0 Å². The normalized spacial score (nSPS) is 12.0. The van der Waals surface area contributed by atoms with Gasteiger partial charge in [0.15, 0.2) is 0 Å². The van der Waals surface area contributed by atoms with Crippen LogP contribution < -0.4 is 11.5 Å². The maximum atomic E-state index is 11.9. The summed E-state index contributed by atoms with van der Waals surface area (Å²) in [6.45, 7) is -1.29. The summed E-state index contributed by atoms with van der Waals surface area (Å²) >= 11 is 0. The van der Waals surface area contributed by atoms with Crippen molar-refractivity contribution in [3.05, 3.63) is 16.4 Å². The number of nitrogens with zero attached hydrogens (tertiary/aromatic N) is 2. The maximum absolute atomic E-state index is 11.9. The monoisotopic (exact) mass is 211 g/mol. The molecule has 8 heteroatoms. The SMILES string of the molecule is NCCc1nn(CC(F)(F)F)c(=O)o1. The molecule has 0 amide bonds. The average Bonchev–Trinajstić information content (AvgIpc) is 2.29. The first-order valence-corrected chi connectivity index (χ1v) is 3.76. The van der Waals surface area contributed by atoms with Gasteiger partial charge in [-0.25, -0.2) is 4.79 Å². The fraction of sp³-hybridized carbons (Fsp3) is 0.667. The molecule has 0 aliphatic carbocycles. The van der Waals surface area contributed by atoms with Crippen LogP contribution in [-0.4, -0.2) is 22.5 Å². The first kappa shape index (κ1) is 10.8. The molecule has 80 valence electrons. The molecule has 5 nitrogen and oxygen atoms in total. The minimum atomic E-state index is -4.49. The molecule has 0 atom stereocenters. The summed E-state index contributed by atoms with van der Waals surface area (Å²) in [4.78, 5) is 10.8. The molecule has 1 aromatic rings. The summed E-state index contributed by atoms with van der Waals surface area (Å²) in [5, 5.41) is 3.32. The van der Waals surface area contributed by atoms with Crippen LogP contribution in [-0.2, 0) is 13.0 Å². The van der Waals surface area contributed by atoms with Crippen LogP contribution in [0.2, 0.25) is 0 Å². The molecule has 0 saturated heterocycles. The highest BCUT2D eigenvalue weighted by atomic mass is 19.4. The van der Waals surface area contributed by atoms with E-state index in [9.17, 15) is 18.0 Å². The van der Waals surface area contributed by atoms with Gasteiger partial charge in [-0.05, 0) is 0 Å². The highest BCUT2D eigenvalue weighted by Gasteiger charge is 2.30. The molecule has 0 radical (unpaired) electrons. The summed E-state index contributed by atoms with van der Waals surface area (Å²) in [5.41, 5.74) is 5.11. The average molecular weight is 211 g/mol. The van der Waals surface area contributed by atoms with Gasteiger partial charge in [0.2, 0.25) is 5.89 Å². The topological polar surface area (TPSA) is 74.0 Å². The van der Waals surface area contributed by atoms with Crippen LogP contribution in [0.15, 0.2) is 9.21 Å². The summed E-state index contributed by atoms with van der Waals surface area (Å²) in [5.74, 6) is -1.20. The Morgan fingerprint density at radius 2 is 2.14 bits per heavy atom. The van der Waals surface area contributed by atoms with E-state index in [1.54, 1.807) is 0 Å². The van der Waals surface area contributed by atoms with E-state index in [0.29, 0.717) is 0 Å². The molecule has 14 heavy (non-hydrogen) atoms. The van der Waals surface area contributed by atoms with Crippen molar-refractivity contribution in [2.75, 3.05) is 6.54 Å². The van der Waals surface area contributed by atoms with Crippen LogP contribution in [0.4, 0.5) is 13.2 Å². The summed E-state index contributed by atoms with van der Waals surface area (Å²) in [7, 11) is 0. The zero-order valence-electron chi connectivity index (χ0n) is 7.04. The second kappa shape index (κ2) is 3.82. The molecule has 1 aromatic heterocycles. The Bertz CT molecular complexity index is 354.